The van der Waals surface area contributed by atoms with Crippen molar-refractivity contribution in [2.24, 2.45) is 5.92 Å². The maximum atomic E-state index is 12.6. The van der Waals surface area contributed by atoms with Crippen LogP contribution < -0.4 is 11.0 Å². The Morgan fingerprint density at radius 2 is 2.00 bits per heavy atom. The molecule has 1 N–H and O–H groups in total. The number of hydrogen-bond donors (Lipinski definition) is 1. The van der Waals surface area contributed by atoms with Gasteiger partial charge in [-0.05, 0) is 31.4 Å². The number of nitrogens with zero attached hydrogens (tertiary/aromatic N) is 2. The van der Waals surface area contributed by atoms with E-state index in [4.69, 9.17) is 4.74 Å². The molecule has 1 aromatic heterocycles. The van der Waals surface area contributed by atoms with Gasteiger partial charge in [-0.25, -0.2) is 15.2 Å². The SMILES string of the molecule is CCCc1nc2ccccc2c(=O)n1NC(=O)OC(C)C(C)C. The van der Waals surface area contributed by atoms with Crippen molar-refractivity contribution >= 4 is 17.0 Å². The summed E-state index contributed by atoms with van der Waals surface area (Å²) in [6, 6.07) is 7.09. The first-order valence-corrected chi connectivity index (χ1v) is 7.92. The molecule has 1 heterocycles. The van der Waals surface area contributed by atoms with Crippen molar-refractivity contribution in [3.63, 3.8) is 0 Å². The van der Waals surface area contributed by atoms with Crippen LogP contribution in [0.2, 0.25) is 0 Å². The number of aromatic nitrogens is 2. The van der Waals surface area contributed by atoms with Gasteiger partial charge in [0, 0.05) is 6.42 Å². The Balaban J connectivity index is 2.38. The quantitative estimate of drug-likeness (QED) is 0.919. The van der Waals surface area contributed by atoms with Gasteiger partial charge >= 0.3 is 6.09 Å². The van der Waals surface area contributed by atoms with E-state index >= 15 is 0 Å². The molecule has 0 bridgehead atoms. The summed E-state index contributed by atoms with van der Waals surface area (Å²) in [6.07, 6.45) is 0.501. The molecule has 0 fully saturated rings. The van der Waals surface area contributed by atoms with Gasteiger partial charge in [-0.15, -0.1) is 0 Å². The van der Waals surface area contributed by atoms with Crippen LogP contribution in [0.3, 0.4) is 0 Å². The third-order valence-electron chi connectivity index (χ3n) is 3.75. The van der Waals surface area contributed by atoms with Gasteiger partial charge < -0.3 is 4.74 Å². The third kappa shape index (κ3) is 3.88. The number of aryl methyl sites for hydroxylation is 1. The highest BCUT2D eigenvalue weighted by atomic mass is 16.6. The smallest absolute Gasteiger partial charge is 0.426 e. The minimum Gasteiger partial charge on any atom is -0.445 e. The lowest BCUT2D eigenvalue weighted by Gasteiger charge is -2.19. The molecule has 0 aliphatic heterocycles. The molecule has 1 aromatic carbocycles. The summed E-state index contributed by atoms with van der Waals surface area (Å²) in [6.45, 7) is 7.73. The summed E-state index contributed by atoms with van der Waals surface area (Å²) in [5, 5.41) is 0.463. The number of fused-ring (bicyclic) bond motifs is 1. The second-order valence-corrected chi connectivity index (χ2v) is 5.90. The number of benzene rings is 1. The van der Waals surface area contributed by atoms with E-state index in [0.717, 1.165) is 6.42 Å². The lowest BCUT2D eigenvalue weighted by Crippen LogP contribution is -2.38. The summed E-state index contributed by atoms with van der Waals surface area (Å²) in [7, 11) is 0. The Bertz CT molecular complexity index is 752. The van der Waals surface area contributed by atoms with Crippen LogP contribution in [-0.4, -0.2) is 21.9 Å². The molecule has 2 aromatic rings. The van der Waals surface area contributed by atoms with E-state index in [1.54, 1.807) is 18.2 Å². The molecule has 0 saturated carbocycles. The van der Waals surface area contributed by atoms with Crippen LogP contribution in [0.25, 0.3) is 10.9 Å². The Morgan fingerprint density at radius 3 is 2.65 bits per heavy atom. The normalized spacial score (nSPS) is 12.4. The van der Waals surface area contributed by atoms with Crippen molar-refractivity contribution in [3.8, 4) is 0 Å². The lowest BCUT2D eigenvalue weighted by atomic mass is 10.1. The fourth-order valence-corrected chi connectivity index (χ4v) is 2.11. The first-order chi connectivity index (χ1) is 10.9. The van der Waals surface area contributed by atoms with E-state index in [-0.39, 0.29) is 17.6 Å². The zero-order valence-corrected chi connectivity index (χ0v) is 14.0. The van der Waals surface area contributed by atoms with Gasteiger partial charge in [0.15, 0.2) is 0 Å². The highest BCUT2D eigenvalue weighted by molar-refractivity contribution is 5.79. The van der Waals surface area contributed by atoms with Crippen molar-refractivity contribution < 1.29 is 9.53 Å². The predicted octanol–water partition coefficient (Wildman–Crippen LogP) is 3.07. The van der Waals surface area contributed by atoms with Gasteiger partial charge in [0.2, 0.25) is 0 Å². The topological polar surface area (TPSA) is 73.2 Å². The van der Waals surface area contributed by atoms with Crippen LogP contribution in [-0.2, 0) is 11.2 Å². The van der Waals surface area contributed by atoms with Gasteiger partial charge in [-0.2, -0.15) is 4.68 Å². The molecule has 1 atom stereocenters. The fourth-order valence-electron chi connectivity index (χ4n) is 2.11. The van der Waals surface area contributed by atoms with E-state index < -0.39 is 6.09 Å². The maximum Gasteiger partial charge on any atom is 0.426 e. The minimum atomic E-state index is -0.650. The van der Waals surface area contributed by atoms with Crippen molar-refractivity contribution in [1.29, 1.82) is 0 Å². The first kappa shape index (κ1) is 17.0. The van der Waals surface area contributed by atoms with Gasteiger partial charge in [-0.1, -0.05) is 32.9 Å². The van der Waals surface area contributed by atoms with Gasteiger partial charge in [0.1, 0.15) is 11.9 Å². The molecule has 0 spiro atoms. The number of carbonyl (C=O) groups is 1. The predicted molar refractivity (Wildman–Crippen MR) is 90.1 cm³/mol. The largest absolute Gasteiger partial charge is 0.445 e. The van der Waals surface area contributed by atoms with Crippen molar-refractivity contribution in [3.05, 3.63) is 40.4 Å². The Kier molecular flexibility index (Phi) is 5.36. The van der Waals surface area contributed by atoms with E-state index in [0.29, 0.717) is 23.1 Å². The second kappa shape index (κ2) is 7.26. The number of nitrogens with one attached hydrogen (secondary N) is 1. The van der Waals surface area contributed by atoms with E-state index in [1.165, 1.54) is 4.68 Å². The van der Waals surface area contributed by atoms with E-state index in [1.807, 2.05) is 33.8 Å². The zero-order chi connectivity index (χ0) is 17.0. The number of rotatable bonds is 5. The highest BCUT2D eigenvalue weighted by Gasteiger charge is 2.16. The standard InChI is InChI=1S/C17H23N3O3/c1-5-8-15-18-14-10-7-6-9-13(14)16(21)20(15)19-17(22)23-12(4)11(2)3/h6-7,9-12H,5,8H2,1-4H3,(H,19,22). The minimum absolute atomic E-state index is 0.197. The molecule has 23 heavy (non-hydrogen) atoms. The lowest BCUT2D eigenvalue weighted by molar-refractivity contribution is 0.0912. The Labute approximate surface area is 135 Å². The first-order valence-electron chi connectivity index (χ1n) is 7.92. The molecule has 0 aliphatic rings. The number of para-hydroxylation sites is 1. The summed E-state index contributed by atoms with van der Waals surface area (Å²) < 4.78 is 6.47. The van der Waals surface area contributed by atoms with E-state index in [2.05, 4.69) is 10.4 Å². The Hall–Kier alpha value is -2.37. The molecule has 0 aliphatic carbocycles. The molecule has 0 saturated heterocycles. The van der Waals surface area contributed by atoms with Crippen LogP contribution in [0.4, 0.5) is 4.79 Å². The average Bonchev–Trinajstić information content (AvgIpc) is 2.51. The maximum absolute atomic E-state index is 12.6. The summed E-state index contributed by atoms with van der Waals surface area (Å²) in [5.74, 6) is 0.715. The molecule has 6 nitrogen and oxygen atoms in total. The molecule has 2 rings (SSSR count). The summed E-state index contributed by atoms with van der Waals surface area (Å²) in [4.78, 5) is 29.2. The van der Waals surface area contributed by atoms with Crippen LogP contribution >= 0.6 is 0 Å². The average molecular weight is 317 g/mol. The molecular formula is C17H23N3O3. The second-order valence-electron chi connectivity index (χ2n) is 5.90. The van der Waals surface area contributed by atoms with Crippen molar-refractivity contribution in [2.75, 3.05) is 5.43 Å². The number of ether oxygens (including phenoxy) is 1. The number of amides is 1. The fraction of sp³-hybridized carbons (Fsp3) is 0.471. The molecule has 1 unspecified atom stereocenters. The number of carbonyl (C=O) groups excluding carboxylic acids is 1. The molecule has 124 valence electrons. The Morgan fingerprint density at radius 1 is 1.30 bits per heavy atom. The summed E-state index contributed by atoms with van der Waals surface area (Å²) in [5.41, 5.74) is 2.85. The van der Waals surface area contributed by atoms with Gasteiger partial charge in [0.25, 0.3) is 5.56 Å². The van der Waals surface area contributed by atoms with Crippen LogP contribution in [0.1, 0.15) is 39.9 Å². The summed E-state index contributed by atoms with van der Waals surface area (Å²) >= 11 is 0. The van der Waals surface area contributed by atoms with Crippen LogP contribution in [0, 0.1) is 5.92 Å². The molecular weight excluding hydrogens is 294 g/mol. The molecule has 6 heteroatoms. The van der Waals surface area contributed by atoms with Crippen molar-refractivity contribution in [2.45, 2.75) is 46.6 Å². The van der Waals surface area contributed by atoms with Gasteiger partial charge in [-0.3, -0.25) is 4.79 Å². The van der Waals surface area contributed by atoms with Crippen LogP contribution in [0.5, 0.6) is 0 Å². The third-order valence-corrected chi connectivity index (χ3v) is 3.75. The zero-order valence-electron chi connectivity index (χ0n) is 14.0. The van der Waals surface area contributed by atoms with Gasteiger partial charge in [0.05, 0.1) is 10.9 Å². The monoisotopic (exact) mass is 317 g/mol. The highest BCUT2D eigenvalue weighted by Crippen LogP contribution is 2.09. The van der Waals surface area contributed by atoms with Crippen molar-refractivity contribution in [1.82, 2.24) is 9.66 Å². The number of hydrogen-bond acceptors (Lipinski definition) is 4. The van der Waals surface area contributed by atoms with E-state index in [9.17, 15) is 9.59 Å². The van der Waals surface area contributed by atoms with Crippen LogP contribution in [0.15, 0.2) is 29.1 Å². The molecule has 1 amide bonds. The molecule has 0 radical (unpaired) electrons.